The van der Waals surface area contributed by atoms with Gasteiger partial charge < -0.3 is 10.2 Å². The summed E-state index contributed by atoms with van der Waals surface area (Å²) in [4.78, 5) is 22.7. The van der Waals surface area contributed by atoms with Crippen molar-refractivity contribution in [2.24, 2.45) is 11.8 Å². The lowest BCUT2D eigenvalue weighted by Gasteiger charge is -2.33. The number of carbonyl (C=O) groups excluding carboxylic acids is 1. The monoisotopic (exact) mass is 276 g/mol. The fourth-order valence-corrected chi connectivity index (χ4v) is 2.67. The molecular weight excluding hydrogens is 252 g/mol. The van der Waals surface area contributed by atoms with Crippen molar-refractivity contribution in [1.29, 1.82) is 0 Å². The SMILES string of the molecule is CCNc1cncc(C(=O)N2CCC(C(C)C)CC2)n1. The van der Waals surface area contributed by atoms with Crippen molar-refractivity contribution in [2.45, 2.75) is 33.6 Å². The molecule has 2 heterocycles. The second kappa shape index (κ2) is 6.68. The van der Waals surface area contributed by atoms with E-state index in [9.17, 15) is 4.79 Å². The van der Waals surface area contributed by atoms with Crippen LogP contribution in [0.1, 0.15) is 44.1 Å². The van der Waals surface area contributed by atoms with E-state index in [-0.39, 0.29) is 5.91 Å². The Kier molecular flexibility index (Phi) is 4.93. The van der Waals surface area contributed by atoms with Crippen LogP contribution in [0.25, 0.3) is 0 Å². The Morgan fingerprint density at radius 3 is 2.70 bits per heavy atom. The van der Waals surface area contributed by atoms with Crippen molar-refractivity contribution in [1.82, 2.24) is 14.9 Å². The highest BCUT2D eigenvalue weighted by Crippen LogP contribution is 2.25. The maximum atomic E-state index is 12.4. The van der Waals surface area contributed by atoms with Gasteiger partial charge in [-0.1, -0.05) is 13.8 Å². The highest BCUT2D eigenvalue weighted by atomic mass is 16.2. The first kappa shape index (κ1) is 14.8. The van der Waals surface area contributed by atoms with Crippen LogP contribution < -0.4 is 5.32 Å². The predicted molar refractivity (Wildman–Crippen MR) is 79.7 cm³/mol. The van der Waals surface area contributed by atoms with Crippen molar-refractivity contribution in [3.05, 3.63) is 18.1 Å². The molecule has 1 aliphatic rings. The molecule has 0 saturated carbocycles. The zero-order valence-electron chi connectivity index (χ0n) is 12.6. The van der Waals surface area contributed by atoms with Gasteiger partial charge in [0.1, 0.15) is 11.5 Å². The van der Waals surface area contributed by atoms with E-state index in [1.807, 2.05) is 11.8 Å². The van der Waals surface area contributed by atoms with Crippen LogP contribution in [0.3, 0.4) is 0 Å². The van der Waals surface area contributed by atoms with Gasteiger partial charge in [0.05, 0.1) is 12.4 Å². The summed E-state index contributed by atoms with van der Waals surface area (Å²) < 4.78 is 0. The van der Waals surface area contributed by atoms with Crippen LogP contribution in [0.15, 0.2) is 12.4 Å². The molecule has 0 radical (unpaired) electrons. The van der Waals surface area contributed by atoms with Crippen LogP contribution in [0.2, 0.25) is 0 Å². The number of rotatable bonds is 4. The van der Waals surface area contributed by atoms with E-state index in [1.165, 1.54) is 0 Å². The number of hydrogen-bond donors (Lipinski definition) is 1. The third-order valence-electron chi connectivity index (χ3n) is 3.98. The van der Waals surface area contributed by atoms with E-state index in [4.69, 9.17) is 0 Å². The normalized spacial score (nSPS) is 16.5. The molecule has 1 fully saturated rings. The number of nitrogens with zero attached hydrogens (tertiary/aromatic N) is 3. The Hall–Kier alpha value is -1.65. The molecule has 1 saturated heterocycles. The largest absolute Gasteiger partial charge is 0.369 e. The Bertz CT molecular complexity index is 453. The molecule has 5 heteroatoms. The molecule has 0 aromatic carbocycles. The Labute approximate surface area is 120 Å². The fourth-order valence-electron chi connectivity index (χ4n) is 2.67. The maximum absolute atomic E-state index is 12.4. The topological polar surface area (TPSA) is 58.1 Å². The van der Waals surface area contributed by atoms with Crippen molar-refractivity contribution in [2.75, 3.05) is 25.0 Å². The molecule has 0 unspecified atom stereocenters. The van der Waals surface area contributed by atoms with Crippen LogP contribution in [0, 0.1) is 11.8 Å². The molecule has 0 atom stereocenters. The lowest BCUT2D eigenvalue weighted by atomic mass is 9.86. The Morgan fingerprint density at radius 1 is 1.40 bits per heavy atom. The van der Waals surface area contributed by atoms with Gasteiger partial charge >= 0.3 is 0 Å². The molecule has 0 aliphatic carbocycles. The Morgan fingerprint density at radius 2 is 2.10 bits per heavy atom. The van der Waals surface area contributed by atoms with E-state index < -0.39 is 0 Å². The smallest absolute Gasteiger partial charge is 0.274 e. The summed E-state index contributed by atoms with van der Waals surface area (Å²) in [5.41, 5.74) is 0.437. The van der Waals surface area contributed by atoms with Gasteiger partial charge in [0.2, 0.25) is 0 Å². The van der Waals surface area contributed by atoms with Crippen LogP contribution in [0.4, 0.5) is 5.82 Å². The van der Waals surface area contributed by atoms with Gasteiger partial charge in [-0.2, -0.15) is 0 Å². The van der Waals surface area contributed by atoms with Crippen LogP contribution in [-0.2, 0) is 0 Å². The predicted octanol–water partition coefficient (Wildman–Crippen LogP) is 2.42. The number of hydrogen-bond acceptors (Lipinski definition) is 4. The summed E-state index contributed by atoms with van der Waals surface area (Å²) in [6, 6.07) is 0. The van der Waals surface area contributed by atoms with E-state index in [1.54, 1.807) is 12.4 Å². The number of likely N-dealkylation sites (tertiary alicyclic amines) is 1. The first-order valence-electron chi connectivity index (χ1n) is 7.47. The van der Waals surface area contributed by atoms with E-state index in [0.717, 1.165) is 38.4 Å². The standard InChI is InChI=1S/C15H24N4O/c1-4-17-14-10-16-9-13(18-14)15(20)19-7-5-12(6-8-19)11(2)3/h9-12H,4-8H2,1-3H3,(H,17,18). The van der Waals surface area contributed by atoms with Crippen LogP contribution in [-0.4, -0.2) is 40.4 Å². The van der Waals surface area contributed by atoms with Gasteiger partial charge in [0, 0.05) is 19.6 Å². The zero-order chi connectivity index (χ0) is 14.5. The molecule has 1 amide bonds. The lowest BCUT2D eigenvalue weighted by molar-refractivity contribution is 0.0661. The third kappa shape index (κ3) is 3.46. The summed E-state index contributed by atoms with van der Waals surface area (Å²) in [6.45, 7) is 8.93. The highest BCUT2D eigenvalue weighted by Gasteiger charge is 2.26. The minimum atomic E-state index is -0.000501. The molecule has 2 rings (SSSR count). The number of nitrogens with one attached hydrogen (secondary N) is 1. The van der Waals surface area contributed by atoms with E-state index in [0.29, 0.717) is 17.4 Å². The second-order valence-electron chi connectivity index (χ2n) is 5.69. The average Bonchev–Trinajstić information content (AvgIpc) is 2.47. The van der Waals surface area contributed by atoms with Crippen LogP contribution >= 0.6 is 0 Å². The summed E-state index contributed by atoms with van der Waals surface area (Å²) in [6.07, 6.45) is 5.37. The van der Waals surface area contributed by atoms with Gasteiger partial charge in [-0.25, -0.2) is 4.98 Å². The molecular formula is C15H24N4O. The minimum absolute atomic E-state index is 0.000501. The van der Waals surface area contributed by atoms with E-state index in [2.05, 4.69) is 29.1 Å². The molecule has 1 N–H and O–H groups in total. The summed E-state index contributed by atoms with van der Waals surface area (Å²) in [7, 11) is 0. The number of piperidine rings is 1. The van der Waals surface area contributed by atoms with Crippen molar-refractivity contribution in [3.8, 4) is 0 Å². The minimum Gasteiger partial charge on any atom is -0.369 e. The Balaban J connectivity index is 2.00. The van der Waals surface area contributed by atoms with Gasteiger partial charge in [-0.15, -0.1) is 0 Å². The second-order valence-corrected chi connectivity index (χ2v) is 5.69. The first-order chi connectivity index (χ1) is 9.61. The van der Waals surface area contributed by atoms with Gasteiger partial charge in [0.25, 0.3) is 5.91 Å². The molecule has 110 valence electrons. The number of aromatic nitrogens is 2. The van der Waals surface area contributed by atoms with Gasteiger partial charge in [-0.05, 0) is 31.6 Å². The molecule has 0 bridgehead atoms. The van der Waals surface area contributed by atoms with Crippen molar-refractivity contribution < 1.29 is 4.79 Å². The quantitative estimate of drug-likeness (QED) is 0.917. The van der Waals surface area contributed by atoms with E-state index >= 15 is 0 Å². The van der Waals surface area contributed by atoms with Gasteiger partial charge in [-0.3, -0.25) is 9.78 Å². The highest BCUT2D eigenvalue weighted by molar-refractivity contribution is 5.92. The van der Waals surface area contributed by atoms with Crippen molar-refractivity contribution >= 4 is 11.7 Å². The first-order valence-corrected chi connectivity index (χ1v) is 7.47. The summed E-state index contributed by atoms with van der Waals surface area (Å²) >= 11 is 0. The number of amides is 1. The number of anilines is 1. The molecule has 20 heavy (non-hydrogen) atoms. The lowest BCUT2D eigenvalue weighted by Crippen LogP contribution is -2.39. The zero-order valence-corrected chi connectivity index (χ0v) is 12.6. The maximum Gasteiger partial charge on any atom is 0.274 e. The third-order valence-corrected chi connectivity index (χ3v) is 3.98. The molecule has 1 aliphatic heterocycles. The molecule has 5 nitrogen and oxygen atoms in total. The molecule has 0 spiro atoms. The molecule has 1 aromatic heterocycles. The van der Waals surface area contributed by atoms with Crippen molar-refractivity contribution in [3.63, 3.8) is 0 Å². The average molecular weight is 276 g/mol. The van der Waals surface area contributed by atoms with Crippen LogP contribution in [0.5, 0.6) is 0 Å². The summed E-state index contributed by atoms with van der Waals surface area (Å²) in [5, 5.41) is 3.08. The summed E-state index contributed by atoms with van der Waals surface area (Å²) in [5.74, 6) is 2.09. The van der Waals surface area contributed by atoms with Gasteiger partial charge in [0.15, 0.2) is 0 Å². The number of carbonyl (C=O) groups is 1. The fraction of sp³-hybridized carbons (Fsp3) is 0.667. The molecule has 1 aromatic rings.